The summed E-state index contributed by atoms with van der Waals surface area (Å²) in [5.41, 5.74) is 0.193. The number of nitrogens with one attached hydrogen (secondary N) is 1. The molecule has 2 nitrogen and oxygen atoms in total. The third-order valence-electron chi connectivity index (χ3n) is 2.80. The summed E-state index contributed by atoms with van der Waals surface area (Å²) in [4.78, 5) is 5.24. The Morgan fingerprint density at radius 1 is 1.24 bits per heavy atom. The van der Waals surface area contributed by atoms with E-state index in [1.807, 2.05) is 11.3 Å². The molecule has 3 heteroatoms. The lowest BCUT2D eigenvalue weighted by molar-refractivity contribution is 0.268. The van der Waals surface area contributed by atoms with Crippen LogP contribution >= 0.6 is 11.3 Å². The number of thiophene rings is 1. The minimum atomic E-state index is 0.193. The maximum absolute atomic E-state index is 3.52. The highest BCUT2D eigenvalue weighted by Crippen LogP contribution is 2.19. The third kappa shape index (κ3) is 5.66. The number of hydrogen-bond acceptors (Lipinski definition) is 3. The first kappa shape index (κ1) is 14.7. The molecule has 0 unspecified atom stereocenters. The Labute approximate surface area is 110 Å². The molecule has 0 spiro atoms. The van der Waals surface area contributed by atoms with E-state index in [4.69, 9.17) is 0 Å². The van der Waals surface area contributed by atoms with Crippen molar-refractivity contribution in [2.45, 2.75) is 59.3 Å². The number of nitrogens with zero attached hydrogens (tertiary/aromatic N) is 1. The van der Waals surface area contributed by atoms with Gasteiger partial charge < -0.3 is 5.32 Å². The molecule has 0 bridgehead atoms. The van der Waals surface area contributed by atoms with Crippen molar-refractivity contribution >= 4 is 11.3 Å². The van der Waals surface area contributed by atoms with Crippen LogP contribution in [0.15, 0.2) is 12.1 Å². The van der Waals surface area contributed by atoms with E-state index in [2.05, 4.69) is 64.0 Å². The van der Waals surface area contributed by atoms with Gasteiger partial charge in [0.05, 0.1) is 0 Å². The first-order chi connectivity index (χ1) is 7.78. The predicted molar refractivity (Wildman–Crippen MR) is 77.5 cm³/mol. The molecule has 0 saturated heterocycles. The molecule has 0 aliphatic heterocycles. The first-order valence-electron chi connectivity index (χ1n) is 6.31. The fourth-order valence-electron chi connectivity index (χ4n) is 1.38. The lowest BCUT2D eigenvalue weighted by Gasteiger charge is -2.20. The summed E-state index contributed by atoms with van der Waals surface area (Å²) >= 11 is 1.92. The van der Waals surface area contributed by atoms with Crippen LogP contribution in [-0.4, -0.2) is 23.5 Å². The van der Waals surface area contributed by atoms with Gasteiger partial charge in [-0.15, -0.1) is 11.3 Å². The van der Waals surface area contributed by atoms with E-state index >= 15 is 0 Å². The molecule has 1 heterocycles. The van der Waals surface area contributed by atoms with Crippen molar-refractivity contribution in [3.63, 3.8) is 0 Å². The molecule has 0 saturated carbocycles. The van der Waals surface area contributed by atoms with E-state index in [0.717, 1.165) is 13.1 Å². The normalized spacial score (nSPS) is 12.7. The topological polar surface area (TPSA) is 15.3 Å². The van der Waals surface area contributed by atoms with Gasteiger partial charge in [-0.05, 0) is 53.8 Å². The van der Waals surface area contributed by atoms with Crippen molar-refractivity contribution in [3.8, 4) is 0 Å². The molecule has 1 aromatic heterocycles. The molecule has 0 aliphatic carbocycles. The Hall–Kier alpha value is -0.380. The monoisotopic (exact) mass is 254 g/mol. The molecule has 0 amide bonds. The van der Waals surface area contributed by atoms with Crippen LogP contribution in [-0.2, 0) is 13.1 Å². The Morgan fingerprint density at radius 2 is 1.82 bits per heavy atom. The van der Waals surface area contributed by atoms with Gasteiger partial charge in [-0.2, -0.15) is 0 Å². The lowest BCUT2D eigenvalue weighted by Crippen LogP contribution is -2.34. The highest BCUT2D eigenvalue weighted by Gasteiger charge is 2.10. The number of hydrogen-bond donors (Lipinski definition) is 1. The van der Waals surface area contributed by atoms with Gasteiger partial charge >= 0.3 is 0 Å². The summed E-state index contributed by atoms with van der Waals surface area (Å²) in [6, 6.07) is 5.10. The SMILES string of the molecule is CC(C)N(C)Cc1ccc(CNC(C)(C)C)s1. The molecular weight excluding hydrogens is 228 g/mol. The molecule has 0 radical (unpaired) electrons. The summed E-state index contributed by atoms with van der Waals surface area (Å²) in [5.74, 6) is 0. The Kier molecular flexibility index (Phi) is 5.17. The second-order valence-corrected chi connectivity index (χ2v) is 7.23. The standard InChI is InChI=1S/C14H26N2S/c1-11(2)16(6)10-13-8-7-12(17-13)9-15-14(3,4)5/h7-8,11,15H,9-10H2,1-6H3. The summed E-state index contributed by atoms with van der Waals surface area (Å²) in [6.45, 7) is 13.1. The highest BCUT2D eigenvalue weighted by atomic mass is 32.1. The third-order valence-corrected chi connectivity index (χ3v) is 3.87. The second kappa shape index (κ2) is 5.98. The van der Waals surface area contributed by atoms with Gasteiger partial charge in [0.25, 0.3) is 0 Å². The zero-order valence-corrected chi connectivity index (χ0v) is 12.8. The average Bonchev–Trinajstić information content (AvgIpc) is 2.61. The number of rotatable bonds is 5. The van der Waals surface area contributed by atoms with Crippen molar-refractivity contribution in [1.82, 2.24) is 10.2 Å². The molecule has 1 aromatic rings. The van der Waals surface area contributed by atoms with E-state index in [9.17, 15) is 0 Å². The van der Waals surface area contributed by atoms with Crippen LogP contribution in [0.3, 0.4) is 0 Å². The maximum Gasteiger partial charge on any atom is 0.0327 e. The maximum atomic E-state index is 3.52. The molecule has 0 aromatic carbocycles. The van der Waals surface area contributed by atoms with Crippen LogP contribution in [0, 0.1) is 0 Å². The van der Waals surface area contributed by atoms with Gasteiger partial charge in [-0.25, -0.2) is 0 Å². The fraction of sp³-hybridized carbons (Fsp3) is 0.714. The van der Waals surface area contributed by atoms with Crippen LogP contribution < -0.4 is 5.32 Å². The Bertz CT molecular complexity index is 336. The van der Waals surface area contributed by atoms with Crippen LogP contribution in [0.25, 0.3) is 0 Å². The van der Waals surface area contributed by atoms with Crippen molar-refractivity contribution in [2.24, 2.45) is 0 Å². The summed E-state index contributed by atoms with van der Waals surface area (Å²) in [5, 5.41) is 3.52. The van der Waals surface area contributed by atoms with Crippen LogP contribution in [0.5, 0.6) is 0 Å². The largest absolute Gasteiger partial charge is 0.307 e. The van der Waals surface area contributed by atoms with E-state index in [0.29, 0.717) is 6.04 Å². The van der Waals surface area contributed by atoms with Crippen molar-refractivity contribution in [2.75, 3.05) is 7.05 Å². The quantitative estimate of drug-likeness (QED) is 0.865. The van der Waals surface area contributed by atoms with Crippen LogP contribution in [0.1, 0.15) is 44.4 Å². The molecule has 1 N–H and O–H groups in total. The zero-order valence-electron chi connectivity index (χ0n) is 12.0. The van der Waals surface area contributed by atoms with Gasteiger partial charge in [0, 0.05) is 34.4 Å². The van der Waals surface area contributed by atoms with Crippen LogP contribution in [0.2, 0.25) is 0 Å². The summed E-state index contributed by atoms with van der Waals surface area (Å²) in [6.07, 6.45) is 0. The van der Waals surface area contributed by atoms with E-state index < -0.39 is 0 Å². The molecule has 1 rings (SSSR count). The zero-order chi connectivity index (χ0) is 13.1. The molecular formula is C14H26N2S. The van der Waals surface area contributed by atoms with E-state index in [1.165, 1.54) is 9.75 Å². The predicted octanol–water partition coefficient (Wildman–Crippen LogP) is 3.48. The van der Waals surface area contributed by atoms with Gasteiger partial charge in [0.2, 0.25) is 0 Å². The lowest BCUT2D eigenvalue weighted by atomic mass is 10.1. The highest BCUT2D eigenvalue weighted by molar-refractivity contribution is 7.11. The van der Waals surface area contributed by atoms with Gasteiger partial charge in [-0.3, -0.25) is 4.90 Å². The molecule has 98 valence electrons. The van der Waals surface area contributed by atoms with Crippen LogP contribution in [0.4, 0.5) is 0 Å². The molecule has 0 aliphatic rings. The molecule has 0 fully saturated rings. The van der Waals surface area contributed by atoms with Crippen molar-refractivity contribution in [3.05, 3.63) is 21.9 Å². The van der Waals surface area contributed by atoms with Crippen molar-refractivity contribution < 1.29 is 0 Å². The molecule has 17 heavy (non-hydrogen) atoms. The minimum Gasteiger partial charge on any atom is -0.307 e. The smallest absolute Gasteiger partial charge is 0.0327 e. The van der Waals surface area contributed by atoms with E-state index in [1.54, 1.807) is 0 Å². The average molecular weight is 254 g/mol. The summed E-state index contributed by atoms with van der Waals surface area (Å²) < 4.78 is 0. The fourth-order valence-corrected chi connectivity index (χ4v) is 2.40. The second-order valence-electron chi connectivity index (χ2n) is 5.98. The Balaban J connectivity index is 2.48. The van der Waals surface area contributed by atoms with E-state index in [-0.39, 0.29) is 5.54 Å². The minimum absolute atomic E-state index is 0.193. The van der Waals surface area contributed by atoms with Gasteiger partial charge in [0.1, 0.15) is 0 Å². The summed E-state index contributed by atoms with van der Waals surface area (Å²) in [7, 11) is 2.18. The molecule has 0 atom stereocenters. The van der Waals surface area contributed by atoms with Gasteiger partial charge in [0.15, 0.2) is 0 Å². The van der Waals surface area contributed by atoms with Gasteiger partial charge in [-0.1, -0.05) is 0 Å². The Morgan fingerprint density at radius 3 is 2.35 bits per heavy atom. The first-order valence-corrected chi connectivity index (χ1v) is 7.12. The van der Waals surface area contributed by atoms with Crippen molar-refractivity contribution in [1.29, 1.82) is 0 Å².